The van der Waals surface area contributed by atoms with Crippen molar-refractivity contribution in [1.82, 2.24) is 4.31 Å². The van der Waals surface area contributed by atoms with E-state index >= 15 is 0 Å². The van der Waals surface area contributed by atoms with Gasteiger partial charge in [-0.1, -0.05) is 25.5 Å². The largest absolute Gasteiger partial charge is 0.268 e. The second-order valence-corrected chi connectivity index (χ2v) is 5.21. The average molecular weight is 241 g/mol. The van der Waals surface area contributed by atoms with Crippen molar-refractivity contribution in [1.29, 1.82) is 0 Å². The Bertz CT molecular complexity index is 520. The molecule has 0 N–H and O–H groups in total. The van der Waals surface area contributed by atoms with Crippen molar-refractivity contribution in [3.05, 3.63) is 29.3 Å². The molecule has 0 fully saturated rings. The van der Waals surface area contributed by atoms with Gasteiger partial charge in [0.15, 0.2) is 0 Å². The molecule has 0 bridgehead atoms. The molecule has 1 heterocycles. The van der Waals surface area contributed by atoms with Crippen LogP contribution in [0.5, 0.6) is 0 Å². The van der Waals surface area contributed by atoms with Crippen molar-refractivity contribution in [2.24, 2.45) is 0 Å². The molecule has 2 rings (SSSR count). The van der Waals surface area contributed by atoms with Gasteiger partial charge in [-0.25, -0.2) is 12.7 Å². The number of sulfonamides is 1. The number of hydrogen-bond donors (Lipinski definition) is 0. The Morgan fingerprint density at radius 3 is 2.31 bits per heavy atom. The molecule has 1 amide bonds. The van der Waals surface area contributed by atoms with Gasteiger partial charge in [-0.3, -0.25) is 4.79 Å². The van der Waals surface area contributed by atoms with Crippen LogP contribution in [-0.2, 0) is 10.0 Å². The van der Waals surface area contributed by atoms with E-state index in [1.165, 1.54) is 13.1 Å². The highest BCUT2D eigenvalue weighted by Gasteiger charge is 2.38. The molecule has 0 unspecified atom stereocenters. The van der Waals surface area contributed by atoms with Gasteiger partial charge in [0.2, 0.25) is 0 Å². The monoisotopic (exact) mass is 241 g/mol. The maximum atomic E-state index is 11.6. The van der Waals surface area contributed by atoms with Crippen molar-refractivity contribution < 1.29 is 13.2 Å². The molecule has 0 radical (unpaired) electrons. The highest BCUT2D eigenvalue weighted by molar-refractivity contribution is 7.90. The molecule has 0 saturated carbocycles. The van der Waals surface area contributed by atoms with Gasteiger partial charge in [-0.15, -0.1) is 0 Å². The van der Waals surface area contributed by atoms with Gasteiger partial charge in [0.1, 0.15) is 4.90 Å². The molecular formula is C11H15NO3S. The average Bonchev–Trinajstić information content (AvgIpc) is 2.43. The lowest BCUT2D eigenvalue weighted by Crippen LogP contribution is -2.24. The highest BCUT2D eigenvalue weighted by Crippen LogP contribution is 2.29. The first-order valence-corrected chi connectivity index (χ1v) is 6.52. The van der Waals surface area contributed by atoms with Crippen LogP contribution in [0.2, 0.25) is 0 Å². The third-order valence-electron chi connectivity index (χ3n) is 2.29. The van der Waals surface area contributed by atoms with Gasteiger partial charge >= 0.3 is 0 Å². The minimum Gasteiger partial charge on any atom is -0.268 e. The number of benzene rings is 1. The zero-order valence-corrected chi connectivity index (χ0v) is 10.6. The van der Waals surface area contributed by atoms with Crippen LogP contribution in [0.4, 0.5) is 0 Å². The SMILES string of the molecule is CC.Cc1ccc2c(c1)C(=O)N(C)S2(=O)=O. The fraction of sp³-hybridized carbons (Fsp3) is 0.364. The molecule has 0 atom stereocenters. The lowest BCUT2D eigenvalue weighted by atomic mass is 10.1. The number of rotatable bonds is 0. The Kier molecular flexibility index (Phi) is 3.38. The number of fused-ring (bicyclic) bond motifs is 1. The summed E-state index contributed by atoms with van der Waals surface area (Å²) in [4.78, 5) is 11.6. The molecule has 0 spiro atoms. The minimum absolute atomic E-state index is 0.107. The van der Waals surface area contributed by atoms with Crippen LogP contribution in [0.25, 0.3) is 0 Å². The molecule has 1 aliphatic heterocycles. The number of hydrogen-bond acceptors (Lipinski definition) is 3. The van der Waals surface area contributed by atoms with Crippen LogP contribution < -0.4 is 0 Å². The second kappa shape index (κ2) is 4.25. The maximum absolute atomic E-state index is 11.6. The summed E-state index contributed by atoms with van der Waals surface area (Å²) in [6, 6.07) is 4.75. The summed E-state index contributed by atoms with van der Waals surface area (Å²) in [5, 5.41) is 0. The summed E-state index contributed by atoms with van der Waals surface area (Å²) >= 11 is 0. The third kappa shape index (κ3) is 1.71. The Morgan fingerprint density at radius 2 is 1.75 bits per heavy atom. The Labute approximate surface area is 95.9 Å². The molecule has 1 aliphatic rings. The van der Waals surface area contributed by atoms with E-state index in [-0.39, 0.29) is 10.5 Å². The fourth-order valence-electron chi connectivity index (χ4n) is 1.46. The van der Waals surface area contributed by atoms with Gasteiger partial charge in [-0.05, 0) is 19.1 Å². The number of carbonyl (C=O) groups excluding carboxylic acids is 1. The summed E-state index contributed by atoms with van der Waals surface area (Å²) in [5.74, 6) is -0.455. The van der Waals surface area contributed by atoms with Crippen LogP contribution in [0.15, 0.2) is 23.1 Å². The quantitative estimate of drug-likeness (QED) is 0.696. The molecule has 0 saturated heterocycles. The first kappa shape index (κ1) is 12.7. The molecule has 0 aromatic heterocycles. The van der Waals surface area contributed by atoms with E-state index in [4.69, 9.17) is 0 Å². The van der Waals surface area contributed by atoms with Crippen molar-refractivity contribution in [3.63, 3.8) is 0 Å². The van der Waals surface area contributed by atoms with Gasteiger partial charge < -0.3 is 0 Å². The minimum atomic E-state index is -3.57. The summed E-state index contributed by atoms with van der Waals surface area (Å²) in [7, 11) is -2.30. The van der Waals surface area contributed by atoms with Crippen LogP contribution in [-0.4, -0.2) is 25.7 Å². The molecule has 1 aromatic carbocycles. The van der Waals surface area contributed by atoms with Crippen molar-refractivity contribution >= 4 is 15.9 Å². The number of carbonyl (C=O) groups is 1. The number of amides is 1. The van der Waals surface area contributed by atoms with E-state index in [9.17, 15) is 13.2 Å². The van der Waals surface area contributed by atoms with Crippen molar-refractivity contribution in [3.8, 4) is 0 Å². The van der Waals surface area contributed by atoms with E-state index in [1.54, 1.807) is 12.1 Å². The fourth-order valence-corrected chi connectivity index (χ4v) is 2.74. The van der Waals surface area contributed by atoms with E-state index < -0.39 is 15.9 Å². The standard InChI is InChI=1S/C9H9NO3S.C2H6/c1-6-3-4-8-7(5-6)9(11)10(2)14(8,12)13;1-2/h3-5H,1-2H3;1-2H3. The van der Waals surface area contributed by atoms with Gasteiger partial charge in [-0.2, -0.15) is 0 Å². The highest BCUT2D eigenvalue weighted by atomic mass is 32.2. The third-order valence-corrected chi connectivity index (χ3v) is 4.09. The van der Waals surface area contributed by atoms with E-state index in [2.05, 4.69) is 0 Å². The number of aryl methyl sites for hydroxylation is 1. The van der Waals surface area contributed by atoms with Crippen molar-refractivity contribution in [2.45, 2.75) is 25.7 Å². The lowest BCUT2D eigenvalue weighted by Gasteiger charge is -2.05. The molecule has 4 nitrogen and oxygen atoms in total. The Morgan fingerprint density at radius 1 is 1.19 bits per heavy atom. The Balaban J connectivity index is 0.000000606. The molecule has 5 heteroatoms. The zero-order chi connectivity index (χ0) is 12.5. The Hall–Kier alpha value is -1.36. The molecule has 1 aromatic rings. The van der Waals surface area contributed by atoms with Crippen LogP contribution >= 0.6 is 0 Å². The van der Waals surface area contributed by atoms with Crippen molar-refractivity contribution in [2.75, 3.05) is 7.05 Å². The smallest absolute Gasteiger partial charge is 0.268 e. The van der Waals surface area contributed by atoms with E-state index in [0.717, 1.165) is 9.87 Å². The molecule has 16 heavy (non-hydrogen) atoms. The second-order valence-electron chi connectivity index (χ2n) is 3.28. The van der Waals surface area contributed by atoms with E-state index in [1.807, 2.05) is 20.8 Å². The van der Waals surface area contributed by atoms with E-state index in [0.29, 0.717) is 0 Å². The topological polar surface area (TPSA) is 54.5 Å². The zero-order valence-electron chi connectivity index (χ0n) is 9.81. The summed E-state index contributed by atoms with van der Waals surface area (Å²) in [5.41, 5.74) is 1.15. The van der Waals surface area contributed by atoms with Crippen LogP contribution in [0.3, 0.4) is 0 Å². The predicted octanol–water partition coefficient (Wildman–Crippen LogP) is 1.80. The van der Waals surface area contributed by atoms with Crippen LogP contribution in [0, 0.1) is 6.92 Å². The summed E-state index contributed by atoms with van der Waals surface area (Å²) in [6.45, 7) is 5.82. The molecule has 88 valence electrons. The summed E-state index contributed by atoms with van der Waals surface area (Å²) < 4.78 is 24.0. The van der Waals surface area contributed by atoms with Gasteiger partial charge in [0.25, 0.3) is 15.9 Å². The van der Waals surface area contributed by atoms with Gasteiger partial charge in [0, 0.05) is 7.05 Å². The first-order chi connectivity index (χ1) is 7.44. The normalized spacial score (nSPS) is 16.5. The summed E-state index contributed by atoms with van der Waals surface area (Å²) in [6.07, 6.45) is 0. The number of nitrogens with zero attached hydrogens (tertiary/aromatic N) is 1. The van der Waals surface area contributed by atoms with Crippen LogP contribution in [0.1, 0.15) is 29.8 Å². The first-order valence-electron chi connectivity index (χ1n) is 5.08. The molecular weight excluding hydrogens is 226 g/mol. The van der Waals surface area contributed by atoms with Gasteiger partial charge in [0.05, 0.1) is 5.56 Å². The predicted molar refractivity (Wildman–Crippen MR) is 61.8 cm³/mol. The molecule has 0 aliphatic carbocycles. The lowest BCUT2D eigenvalue weighted by molar-refractivity contribution is 0.0891. The maximum Gasteiger partial charge on any atom is 0.268 e.